The minimum Gasteiger partial charge on any atom is -0.493 e. The predicted octanol–water partition coefficient (Wildman–Crippen LogP) is 4.70. The van der Waals surface area contributed by atoms with Crippen LogP contribution < -0.4 is 20.3 Å². The van der Waals surface area contributed by atoms with Crippen LogP contribution in [0.4, 0.5) is 0 Å². The van der Waals surface area contributed by atoms with Gasteiger partial charge in [-0.25, -0.2) is 0 Å². The number of carbonyl (C=O) groups is 1. The molecule has 160 valence electrons. The van der Waals surface area contributed by atoms with Gasteiger partial charge in [0.25, 0.3) is 11.5 Å². The number of aromatic nitrogens is 1. The van der Waals surface area contributed by atoms with E-state index >= 15 is 0 Å². The molecule has 0 fully saturated rings. The Labute approximate surface area is 189 Å². The highest BCUT2D eigenvalue weighted by Gasteiger charge is 2.15. The number of nitrogens with one attached hydrogen (secondary N) is 1. The summed E-state index contributed by atoms with van der Waals surface area (Å²) in [6.07, 6.45) is 3.51. The highest BCUT2D eigenvalue weighted by molar-refractivity contribution is 6.32. The number of nitrogens with zero attached hydrogens (tertiary/aromatic N) is 1. The lowest BCUT2D eigenvalue weighted by molar-refractivity contribution is 0.0952. The molecule has 2 aromatic carbocycles. The number of fused-ring (bicyclic) bond motifs is 1. The third-order valence-electron chi connectivity index (χ3n) is 4.90. The summed E-state index contributed by atoms with van der Waals surface area (Å²) in [5, 5.41) is 3.69. The fourth-order valence-electron chi connectivity index (χ4n) is 3.29. The van der Waals surface area contributed by atoms with Crippen LogP contribution in [-0.2, 0) is 13.0 Å². The van der Waals surface area contributed by atoms with Crippen molar-refractivity contribution in [1.29, 1.82) is 0 Å². The van der Waals surface area contributed by atoms with E-state index < -0.39 is 0 Å². The number of amides is 1. The first-order valence-corrected chi connectivity index (χ1v) is 10.6. The smallest absolute Gasteiger partial charge is 0.252 e. The van der Waals surface area contributed by atoms with E-state index in [1.165, 1.54) is 10.6 Å². The molecule has 1 aliphatic heterocycles. The fraction of sp³-hybridized carbons (Fsp3) is 0.217. The van der Waals surface area contributed by atoms with Crippen LogP contribution >= 0.6 is 23.2 Å². The zero-order chi connectivity index (χ0) is 21.8. The second-order valence-corrected chi connectivity index (χ2v) is 7.94. The van der Waals surface area contributed by atoms with Crippen molar-refractivity contribution in [3.63, 3.8) is 0 Å². The second-order valence-electron chi connectivity index (χ2n) is 7.10. The van der Waals surface area contributed by atoms with E-state index in [4.69, 9.17) is 32.7 Å². The molecule has 0 saturated carbocycles. The van der Waals surface area contributed by atoms with Crippen molar-refractivity contribution in [3.8, 4) is 17.2 Å². The highest BCUT2D eigenvalue weighted by atomic mass is 35.5. The molecule has 0 saturated heterocycles. The largest absolute Gasteiger partial charge is 0.493 e. The van der Waals surface area contributed by atoms with Gasteiger partial charge in [0, 0.05) is 42.0 Å². The normalized spacial score (nSPS) is 12.6. The van der Waals surface area contributed by atoms with Crippen molar-refractivity contribution in [2.45, 2.75) is 19.4 Å². The monoisotopic (exact) mass is 458 g/mol. The van der Waals surface area contributed by atoms with Gasteiger partial charge in [-0.3, -0.25) is 9.59 Å². The molecule has 0 unspecified atom stereocenters. The molecule has 0 aliphatic carbocycles. The van der Waals surface area contributed by atoms with Crippen molar-refractivity contribution in [2.75, 3.05) is 13.2 Å². The summed E-state index contributed by atoms with van der Waals surface area (Å²) in [7, 11) is 0. The van der Waals surface area contributed by atoms with Gasteiger partial charge in [0.2, 0.25) is 0 Å². The Balaban J connectivity index is 1.35. The number of aryl methyl sites for hydroxylation is 1. The summed E-state index contributed by atoms with van der Waals surface area (Å²) in [5.41, 5.74) is 1.35. The van der Waals surface area contributed by atoms with E-state index in [1.54, 1.807) is 42.6 Å². The lowest BCUT2D eigenvalue weighted by Gasteiger charge is -2.19. The predicted molar refractivity (Wildman–Crippen MR) is 120 cm³/mol. The van der Waals surface area contributed by atoms with Gasteiger partial charge in [0.1, 0.15) is 17.2 Å². The van der Waals surface area contributed by atoms with Crippen molar-refractivity contribution in [2.24, 2.45) is 0 Å². The zero-order valence-corrected chi connectivity index (χ0v) is 18.1. The van der Waals surface area contributed by atoms with Gasteiger partial charge < -0.3 is 19.4 Å². The molecule has 1 N–H and O–H groups in total. The molecular weight excluding hydrogens is 439 g/mol. The molecule has 0 bridgehead atoms. The van der Waals surface area contributed by atoms with Crippen LogP contribution in [0, 0.1) is 0 Å². The fourth-order valence-corrected chi connectivity index (χ4v) is 3.66. The van der Waals surface area contributed by atoms with Gasteiger partial charge in [0.15, 0.2) is 0 Å². The lowest BCUT2D eigenvalue weighted by atomic mass is 10.1. The zero-order valence-electron chi connectivity index (χ0n) is 16.6. The first-order chi connectivity index (χ1) is 15.0. The molecular formula is C23H20Cl2N2O4. The van der Waals surface area contributed by atoms with Crippen LogP contribution in [0.3, 0.4) is 0 Å². The number of pyridine rings is 1. The van der Waals surface area contributed by atoms with E-state index in [-0.39, 0.29) is 11.5 Å². The Bertz CT molecular complexity index is 1160. The molecule has 1 aromatic heterocycles. The average molecular weight is 459 g/mol. The standard InChI is InChI=1S/C23H20Cl2N2O4/c24-17-7-9-27(22(28)13-17)10-8-26-23(29)15-3-5-18(6-4-15)31-21-14-20-16(12-19(21)25)2-1-11-30-20/h3-7,9,12-14H,1-2,8,10-11H2,(H,26,29). The summed E-state index contributed by atoms with van der Waals surface area (Å²) >= 11 is 12.1. The van der Waals surface area contributed by atoms with Crippen molar-refractivity contribution < 1.29 is 14.3 Å². The Kier molecular flexibility index (Phi) is 6.49. The minimum absolute atomic E-state index is 0.213. The molecule has 0 spiro atoms. The molecule has 1 aliphatic rings. The molecule has 2 heterocycles. The lowest BCUT2D eigenvalue weighted by Crippen LogP contribution is -2.30. The number of rotatable bonds is 6. The minimum atomic E-state index is -0.242. The van der Waals surface area contributed by atoms with Crippen LogP contribution in [0.2, 0.25) is 10.0 Å². The van der Waals surface area contributed by atoms with Crippen molar-refractivity contribution in [1.82, 2.24) is 9.88 Å². The molecule has 6 nitrogen and oxygen atoms in total. The SMILES string of the molecule is O=C(NCCn1ccc(Cl)cc1=O)c1ccc(Oc2cc3c(cc2Cl)CCCO3)cc1. The average Bonchev–Trinajstić information content (AvgIpc) is 2.76. The van der Waals surface area contributed by atoms with Gasteiger partial charge in [-0.2, -0.15) is 0 Å². The molecule has 0 atom stereocenters. The van der Waals surface area contributed by atoms with E-state index in [9.17, 15) is 9.59 Å². The summed E-state index contributed by atoms with van der Waals surface area (Å²) in [5.74, 6) is 1.62. The topological polar surface area (TPSA) is 69.6 Å². The maximum atomic E-state index is 12.4. The van der Waals surface area contributed by atoms with Crippen molar-refractivity contribution >= 4 is 29.1 Å². The second kappa shape index (κ2) is 9.45. The van der Waals surface area contributed by atoms with Crippen LogP contribution in [0.25, 0.3) is 0 Å². The highest BCUT2D eigenvalue weighted by Crippen LogP contribution is 2.37. The number of carbonyl (C=O) groups excluding carboxylic acids is 1. The molecule has 4 rings (SSSR count). The number of ether oxygens (including phenoxy) is 2. The van der Waals surface area contributed by atoms with Gasteiger partial charge in [-0.15, -0.1) is 0 Å². The summed E-state index contributed by atoms with van der Waals surface area (Å²) < 4.78 is 13.0. The van der Waals surface area contributed by atoms with Crippen LogP contribution in [0.5, 0.6) is 17.2 Å². The van der Waals surface area contributed by atoms with Gasteiger partial charge >= 0.3 is 0 Å². The Morgan fingerprint density at radius 1 is 1.13 bits per heavy atom. The number of hydrogen-bond acceptors (Lipinski definition) is 4. The summed E-state index contributed by atoms with van der Waals surface area (Å²) in [6.45, 7) is 1.34. The number of hydrogen-bond donors (Lipinski definition) is 1. The molecule has 1 amide bonds. The number of halogens is 2. The first kappa shape index (κ1) is 21.3. The molecule has 31 heavy (non-hydrogen) atoms. The Hall–Kier alpha value is -2.96. The van der Waals surface area contributed by atoms with Crippen molar-refractivity contribution in [3.05, 3.63) is 86.3 Å². The maximum absolute atomic E-state index is 12.4. The third kappa shape index (κ3) is 5.21. The van der Waals surface area contributed by atoms with E-state index in [0.29, 0.717) is 46.8 Å². The summed E-state index contributed by atoms with van der Waals surface area (Å²) in [4.78, 5) is 24.2. The van der Waals surface area contributed by atoms with Gasteiger partial charge in [-0.1, -0.05) is 23.2 Å². The molecule has 3 aromatic rings. The van der Waals surface area contributed by atoms with E-state index in [2.05, 4.69) is 5.32 Å². The molecule has 8 heteroatoms. The van der Waals surface area contributed by atoms with Gasteiger partial charge in [-0.05, 0) is 54.8 Å². The van der Waals surface area contributed by atoms with Gasteiger partial charge in [0.05, 0.1) is 11.6 Å². The van der Waals surface area contributed by atoms with E-state index in [0.717, 1.165) is 24.2 Å². The van der Waals surface area contributed by atoms with Crippen LogP contribution in [-0.4, -0.2) is 23.6 Å². The first-order valence-electron chi connectivity index (χ1n) is 9.87. The van der Waals surface area contributed by atoms with Crippen LogP contribution in [0.1, 0.15) is 22.3 Å². The Morgan fingerprint density at radius 2 is 1.94 bits per heavy atom. The van der Waals surface area contributed by atoms with Crippen LogP contribution in [0.15, 0.2) is 59.5 Å². The summed E-state index contributed by atoms with van der Waals surface area (Å²) in [6, 6.07) is 13.4. The number of benzene rings is 2. The quantitative estimate of drug-likeness (QED) is 0.580. The third-order valence-corrected chi connectivity index (χ3v) is 5.43. The maximum Gasteiger partial charge on any atom is 0.252 e. The molecule has 0 radical (unpaired) electrons. The van der Waals surface area contributed by atoms with E-state index in [1.807, 2.05) is 6.07 Å². The Morgan fingerprint density at radius 3 is 2.71 bits per heavy atom.